The minimum Gasteiger partial charge on any atom is -0.480 e. The Morgan fingerprint density at radius 1 is 0.909 bits per heavy atom. The van der Waals surface area contributed by atoms with Crippen LogP contribution in [0.25, 0.3) is 11.6 Å². The molecular weight excluding hydrogens is 585 g/mol. The maximum atomic E-state index is 11.2. The van der Waals surface area contributed by atoms with Crippen LogP contribution >= 0.6 is 24.0 Å². The first-order valence-corrected chi connectivity index (χ1v) is 16.5. The Kier molecular flexibility index (Phi) is 8.02. The van der Waals surface area contributed by atoms with E-state index in [1.54, 1.807) is 0 Å². The van der Waals surface area contributed by atoms with Gasteiger partial charge in [0.15, 0.2) is 0 Å². The van der Waals surface area contributed by atoms with E-state index in [-0.39, 0.29) is 11.8 Å². The molecule has 0 spiro atoms. The highest BCUT2D eigenvalue weighted by atomic mass is 32.2. The zero-order valence-electron chi connectivity index (χ0n) is 24.3. The van der Waals surface area contributed by atoms with Gasteiger partial charge in [-0.2, -0.15) is 0 Å². The largest absolute Gasteiger partial charge is 0.480 e. The third kappa shape index (κ3) is 5.56. The van der Waals surface area contributed by atoms with Crippen molar-refractivity contribution in [1.29, 1.82) is 0 Å². The molecule has 44 heavy (non-hydrogen) atoms. The van der Waals surface area contributed by atoms with Crippen LogP contribution in [0.2, 0.25) is 0 Å². The molecule has 1 saturated heterocycles. The van der Waals surface area contributed by atoms with Crippen molar-refractivity contribution in [3.63, 3.8) is 0 Å². The van der Waals surface area contributed by atoms with Crippen LogP contribution in [-0.4, -0.2) is 49.5 Å². The Morgan fingerprint density at radius 2 is 1.59 bits per heavy atom. The summed E-state index contributed by atoms with van der Waals surface area (Å²) in [4.78, 5) is 15.2. The van der Waals surface area contributed by atoms with Gasteiger partial charge in [0.05, 0.1) is 5.25 Å². The number of carboxylic acid groups (broad SMARTS) is 1. The van der Waals surface area contributed by atoms with E-state index in [9.17, 15) is 15.0 Å². The predicted molar refractivity (Wildman–Crippen MR) is 183 cm³/mol. The average molecular weight is 619 g/mol. The molecule has 4 aromatic carbocycles. The molecule has 0 radical (unpaired) electrons. The van der Waals surface area contributed by atoms with Crippen molar-refractivity contribution >= 4 is 57.3 Å². The number of thiocarbonyl (C=S) groups is 1. The quantitative estimate of drug-likeness (QED) is 0.155. The molecule has 2 N–H and O–H groups in total. The van der Waals surface area contributed by atoms with Crippen molar-refractivity contribution < 1.29 is 15.0 Å². The number of anilines is 2. The van der Waals surface area contributed by atoms with Crippen molar-refractivity contribution in [2.45, 2.75) is 49.1 Å². The average Bonchev–Trinajstić information content (AvgIpc) is 3.71. The molecule has 7 heteroatoms. The van der Waals surface area contributed by atoms with Crippen molar-refractivity contribution in [2.24, 2.45) is 0 Å². The van der Waals surface area contributed by atoms with Crippen LogP contribution in [0.1, 0.15) is 53.0 Å². The summed E-state index contributed by atoms with van der Waals surface area (Å²) in [5.41, 5.74) is 9.77. The summed E-state index contributed by atoms with van der Waals surface area (Å²) in [7, 11) is 0. The van der Waals surface area contributed by atoms with E-state index >= 15 is 0 Å². The Labute approximate surface area is 267 Å². The molecule has 0 bridgehead atoms. The van der Waals surface area contributed by atoms with Gasteiger partial charge in [-0.05, 0) is 76.9 Å². The molecule has 4 atom stereocenters. The van der Waals surface area contributed by atoms with E-state index in [4.69, 9.17) is 12.2 Å². The Morgan fingerprint density at radius 3 is 2.25 bits per heavy atom. The fraction of sp³-hybridized carbons (Fsp3) is 0.243. The minimum absolute atomic E-state index is 0.186. The van der Waals surface area contributed by atoms with Gasteiger partial charge in [-0.25, -0.2) is 0 Å². The van der Waals surface area contributed by atoms with E-state index in [0.717, 1.165) is 17.5 Å². The van der Waals surface area contributed by atoms with E-state index in [2.05, 4.69) is 114 Å². The van der Waals surface area contributed by atoms with Gasteiger partial charge in [0.2, 0.25) is 0 Å². The highest BCUT2D eigenvalue weighted by molar-refractivity contribution is 8.23. The molecular formula is C37H34N2O3S2. The van der Waals surface area contributed by atoms with E-state index in [1.165, 1.54) is 63.1 Å². The Bertz CT molecular complexity index is 1670. The molecule has 4 unspecified atom stereocenters. The van der Waals surface area contributed by atoms with E-state index < -0.39 is 12.2 Å². The van der Waals surface area contributed by atoms with Crippen molar-refractivity contribution in [3.8, 4) is 0 Å². The lowest BCUT2D eigenvalue weighted by Gasteiger charge is -2.27. The van der Waals surface area contributed by atoms with Crippen LogP contribution in [0.5, 0.6) is 0 Å². The fourth-order valence-electron chi connectivity index (χ4n) is 7.09. The molecule has 1 saturated carbocycles. The Hall–Kier alpha value is -3.91. The highest BCUT2D eigenvalue weighted by Crippen LogP contribution is 2.52. The smallest absolute Gasteiger partial charge is 0.323 e. The molecule has 7 rings (SSSR count). The van der Waals surface area contributed by atoms with Crippen LogP contribution in [0.15, 0.2) is 103 Å². The molecule has 2 aliphatic heterocycles. The summed E-state index contributed by atoms with van der Waals surface area (Å²) in [5, 5.41) is 19.8. The summed E-state index contributed by atoms with van der Waals surface area (Å²) in [6.45, 7) is -0.277. The van der Waals surface area contributed by atoms with Gasteiger partial charge < -0.3 is 20.0 Å². The van der Waals surface area contributed by atoms with Crippen molar-refractivity contribution in [1.82, 2.24) is 4.90 Å². The van der Waals surface area contributed by atoms with Crippen LogP contribution in [0, 0.1) is 0 Å². The monoisotopic (exact) mass is 618 g/mol. The summed E-state index contributed by atoms with van der Waals surface area (Å²) >= 11 is 6.78. The van der Waals surface area contributed by atoms with Gasteiger partial charge in [-0.3, -0.25) is 4.79 Å². The fourth-order valence-corrected chi connectivity index (χ4v) is 8.74. The maximum absolute atomic E-state index is 11.2. The number of aliphatic hydroxyl groups excluding tert-OH is 1. The van der Waals surface area contributed by atoms with Crippen LogP contribution < -0.4 is 4.90 Å². The normalized spacial score (nSPS) is 22.2. The van der Waals surface area contributed by atoms with Gasteiger partial charge in [0.1, 0.15) is 17.1 Å². The van der Waals surface area contributed by atoms with Crippen molar-refractivity contribution in [2.75, 3.05) is 11.4 Å². The number of thioether (sulfide) groups is 1. The summed E-state index contributed by atoms with van der Waals surface area (Å²) in [6, 6.07) is 37.2. The number of hydrogen-bond donors (Lipinski definition) is 2. The number of aliphatic carboxylic acids is 1. The second-order valence-corrected chi connectivity index (χ2v) is 13.7. The van der Waals surface area contributed by atoms with Crippen LogP contribution in [0.4, 0.5) is 11.4 Å². The number of rotatable bonds is 8. The van der Waals surface area contributed by atoms with Gasteiger partial charge in [-0.15, -0.1) is 0 Å². The lowest BCUT2D eigenvalue weighted by Crippen LogP contribution is -2.40. The van der Waals surface area contributed by atoms with Crippen LogP contribution in [0.3, 0.4) is 0 Å². The number of aliphatic hydroxyl groups is 1. The predicted octanol–water partition coefficient (Wildman–Crippen LogP) is 7.71. The van der Waals surface area contributed by atoms with Crippen LogP contribution in [-0.2, 0) is 11.2 Å². The van der Waals surface area contributed by atoms with Crippen molar-refractivity contribution in [3.05, 3.63) is 131 Å². The zero-order valence-corrected chi connectivity index (χ0v) is 25.9. The topological polar surface area (TPSA) is 64.0 Å². The molecule has 4 aromatic rings. The first-order chi connectivity index (χ1) is 21.5. The van der Waals surface area contributed by atoms with Gasteiger partial charge in [-0.1, -0.05) is 115 Å². The molecule has 2 fully saturated rings. The third-order valence-corrected chi connectivity index (χ3v) is 10.8. The molecule has 1 aliphatic carbocycles. The summed E-state index contributed by atoms with van der Waals surface area (Å²) < 4.78 is 0.450. The minimum atomic E-state index is -0.991. The van der Waals surface area contributed by atoms with E-state index in [0.29, 0.717) is 22.7 Å². The number of hydrogen-bond acceptors (Lipinski definition) is 5. The summed E-state index contributed by atoms with van der Waals surface area (Å²) in [6.07, 6.45) is 5.56. The first kappa shape index (κ1) is 28.8. The van der Waals surface area contributed by atoms with E-state index in [1.807, 2.05) is 0 Å². The number of benzene rings is 4. The third-order valence-electron chi connectivity index (χ3n) is 9.09. The molecule has 0 aromatic heterocycles. The highest BCUT2D eigenvalue weighted by Gasteiger charge is 2.43. The second-order valence-electron chi connectivity index (χ2n) is 11.8. The first-order valence-electron chi connectivity index (χ1n) is 15.2. The van der Waals surface area contributed by atoms with Gasteiger partial charge >= 0.3 is 5.97 Å². The molecule has 222 valence electrons. The Balaban J connectivity index is 1.15. The number of nitrogens with zero attached hydrogens (tertiary/aromatic N) is 2. The number of carbonyl (C=O) groups is 1. The lowest BCUT2D eigenvalue weighted by molar-refractivity contribution is -0.139. The maximum Gasteiger partial charge on any atom is 0.323 e. The lowest BCUT2D eigenvalue weighted by atomic mass is 9.94. The number of fused-ring (bicyclic) bond motifs is 3. The standard InChI is InChI=1S/C37H34N2O3S2/c40-35(41)23-38-36(42)34(44-37(38)43)22-25-16-19-33-31(21-25)29-12-7-13-32(29)39(33)28-17-14-24(15-18-28)20-30(26-8-3-1-4-9-26)27-10-5-2-6-11-27/h1-6,8-11,14-21,29,32,34,36,42H,7,12-13,22-23H2,(H,40,41). The SMILES string of the molecule is O=C(O)CN1C(=S)SC(Cc2ccc3c(c2)C2CCCC2N3c2ccc(C=C(c3ccccc3)c3ccccc3)cc2)C1O. The van der Waals surface area contributed by atoms with Gasteiger partial charge in [0, 0.05) is 23.3 Å². The summed E-state index contributed by atoms with van der Waals surface area (Å²) in [5.74, 6) is -0.507. The second kappa shape index (κ2) is 12.2. The molecule has 2 heterocycles. The molecule has 3 aliphatic rings. The molecule has 0 amide bonds. The molecule has 5 nitrogen and oxygen atoms in total. The van der Waals surface area contributed by atoms with Gasteiger partial charge in [0.25, 0.3) is 0 Å². The number of carboxylic acids is 1. The zero-order chi connectivity index (χ0) is 30.2.